The topological polar surface area (TPSA) is 57.0 Å². The molecular weight excluding hydrogens is 278 g/mol. The molecule has 0 atom stereocenters. The van der Waals surface area contributed by atoms with Gasteiger partial charge in [0.1, 0.15) is 5.15 Å². The lowest BCUT2D eigenvalue weighted by atomic mass is 10.0. The fraction of sp³-hybridized carbons (Fsp3) is 0.214. The smallest absolute Gasteiger partial charge is 0.330 e. The van der Waals surface area contributed by atoms with E-state index in [1.165, 1.54) is 6.08 Å². The Morgan fingerprint density at radius 2 is 2.30 bits per heavy atom. The van der Waals surface area contributed by atoms with Crippen LogP contribution in [-0.4, -0.2) is 27.3 Å². The molecule has 0 spiro atoms. The first-order valence-corrected chi connectivity index (χ1v) is 6.47. The number of aromatic nitrogens is 3. The molecule has 0 aliphatic rings. The number of ether oxygens (including phenoxy) is 1. The molecular formula is C14H14ClN3O2. The Bertz CT molecular complexity index is 650. The number of hydrogen-bond donors (Lipinski definition) is 0. The summed E-state index contributed by atoms with van der Waals surface area (Å²) in [5.74, 6) is -0.389. The Morgan fingerprint density at radius 1 is 1.50 bits per heavy atom. The van der Waals surface area contributed by atoms with Gasteiger partial charge >= 0.3 is 5.97 Å². The van der Waals surface area contributed by atoms with E-state index in [9.17, 15) is 4.79 Å². The molecule has 0 saturated carbocycles. The summed E-state index contributed by atoms with van der Waals surface area (Å²) in [6, 6.07) is 1.74. The first kappa shape index (κ1) is 14.3. The number of aryl methyl sites for hydroxylation is 1. The zero-order chi connectivity index (χ0) is 14.5. The number of halogens is 1. The molecule has 0 fully saturated rings. The molecule has 2 rings (SSSR count). The maximum Gasteiger partial charge on any atom is 0.330 e. The predicted molar refractivity (Wildman–Crippen MR) is 77.1 cm³/mol. The summed E-state index contributed by atoms with van der Waals surface area (Å²) in [6.45, 7) is 2.11. The van der Waals surface area contributed by atoms with Crippen molar-refractivity contribution < 1.29 is 9.53 Å². The number of rotatable bonds is 4. The maximum absolute atomic E-state index is 11.4. The molecule has 0 unspecified atom stereocenters. The minimum absolute atomic E-state index is 0.345. The highest BCUT2D eigenvalue weighted by molar-refractivity contribution is 6.29. The maximum atomic E-state index is 11.4. The third-order valence-electron chi connectivity index (χ3n) is 2.60. The van der Waals surface area contributed by atoms with Gasteiger partial charge in [-0.3, -0.25) is 4.68 Å². The van der Waals surface area contributed by atoms with Crippen molar-refractivity contribution in [1.82, 2.24) is 14.8 Å². The first-order chi connectivity index (χ1) is 9.60. The second-order valence-corrected chi connectivity index (χ2v) is 4.47. The van der Waals surface area contributed by atoms with Gasteiger partial charge in [-0.15, -0.1) is 0 Å². The molecule has 0 aliphatic heterocycles. The van der Waals surface area contributed by atoms with Gasteiger partial charge in [0.25, 0.3) is 0 Å². The molecule has 6 heteroatoms. The standard InChI is InChI=1S/C14H14ClN3O2/c1-3-20-14(19)5-4-10-7-16-13(15)6-12(10)11-8-17-18(2)9-11/h4-9H,3H2,1-2H3/b5-4+. The number of pyridine rings is 1. The molecule has 2 aromatic rings. The highest BCUT2D eigenvalue weighted by Crippen LogP contribution is 2.26. The summed E-state index contributed by atoms with van der Waals surface area (Å²) >= 11 is 5.93. The van der Waals surface area contributed by atoms with Gasteiger partial charge in [-0.2, -0.15) is 5.10 Å². The molecule has 0 saturated heterocycles. The molecule has 20 heavy (non-hydrogen) atoms. The molecule has 2 aromatic heterocycles. The van der Waals surface area contributed by atoms with E-state index < -0.39 is 0 Å². The normalized spacial score (nSPS) is 10.9. The quantitative estimate of drug-likeness (QED) is 0.494. The van der Waals surface area contributed by atoms with E-state index in [4.69, 9.17) is 16.3 Å². The highest BCUT2D eigenvalue weighted by atomic mass is 35.5. The minimum atomic E-state index is -0.389. The zero-order valence-corrected chi connectivity index (χ0v) is 12.0. The minimum Gasteiger partial charge on any atom is -0.463 e. The first-order valence-electron chi connectivity index (χ1n) is 6.09. The zero-order valence-electron chi connectivity index (χ0n) is 11.2. The van der Waals surface area contributed by atoms with Crippen molar-refractivity contribution in [3.8, 4) is 11.1 Å². The van der Waals surface area contributed by atoms with E-state index >= 15 is 0 Å². The van der Waals surface area contributed by atoms with Crippen LogP contribution >= 0.6 is 11.6 Å². The van der Waals surface area contributed by atoms with Gasteiger partial charge in [0.05, 0.1) is 12.8 Å². The fourth-order valence-electron chi connectivity index (χ4n) is 1.73. The lowest BCUT2D eigenvalue weighted by Gasteiger charge is -2.04. The highest BCUT2D eigenvalue weighted by Gasteiger charge is 2.07. The van der Waals surface area contributed by atoms with Crippen LogP contribution in [0.2, 0.25) is 5.15 Å². The van der Waals surface area contributed by atoms with Crippen molar-refractivity contribution in [2.75, 3.05) is 6.61 Å². The predicted octanol–water partition coefficient (Wildman–Crippen LogP) is 2.71. The molecule has 0 aromatic carbocycles. The van der Waals surface area contributed by atoms with Crippen LogP contribution in [0.25, 0.3) is 17.2 Å². The van der Waals surface area contributed by atoms with Gasteiger partial charge in [-0.1, -0.05) is 11.6 Å². The van der Waals surface area contributed by atoms with Crippen molar-refractivity contribution >= 4 is 23.6 Å². The fourth-order valence-corrected chi connectivity index (χ4v) is 1.89. The summed E-state index contributed by atoms with van der Waals surface area (Å²) in [7, 11) is 1.83. The number of hydrogen-bond acceptors (Lipinski definition) is 4. The Labute approximate surface area is 121 Å². The van der Waals surface area contributed by atoms with Crippen LogP contribution in [-0.2, 0) is 16.6 Å². The second kappa shape index (κ2) is 6.34. The Hall–Kier alpha value is -2.14. The summed E-state index contributed by atoms with van der Waals surface area (Å²) in [6.07, 6.45) is 8.24. The Balaban J connectivity index is 2.36. The number of esters is 1. The Kier molecular flexibility index (Phi) is 4.53. The largest absolute Gasteiger partial charge is 0.463 e. The van der Waals surface area contributed by atoms with Gasteiger partial charge in [0.2, 0.25) is 0 Å². The van der Waals surface area contributed by atoms with Gasteiger partial charge in [0.15, 0.2) is 0 Å². The Morgan fingerprint density at radius 3 is 2.95 bits per heavy atom. The average Bonchev–Trinajstić information content (AvgIpc) is 2.84. The lowest BCUT2D eigenvalue weighted by Crippen LogP contribution is -1.98. The monoisotopic (exact) mass is 291 g/mol. The SMILES string of the molecule is CCOC(=O)/C=C/c1cnc(Cl)cc1-c1cnn(C)c1. The number of carbonyl (C=O) groups excluding carboxylic acids is 1. The van der Waals surface area contributed by atoms with Gasteiger partial charge in [0, 0.05) is 36.6 Å². The third-order valence-corrected chi connectivity index (χ3v) is 2.81. The summed E-state index contributed by atoms with van der Waals surface area (Å²) in [4.78, 5) is 15.4. The van der Waals surface area contributed by atoms with Crippen LogP contribution in [0.5, 0.6) is 0 Å². The second-order valence-electron chi connectivity index (χ2n) is 4.08. The van der Waals surface area contributed by atoms with Crippen LogP contribution in [0, 0.1) is 0 Å². The van der Waals surface area contributed by atoms with Crippen LogP contribution in [0.3, 0.4) is 0 Å². The van der Waals surface area contributed by atoms with Crippen molar-refractivity contribution in [1.29, 1.82) is 0 Å². The van der Waals surface area contributed by atoms with E-state index in [1.54, 1.807) is 36.1 Å². The van der Waals surface area contributed by atoms with E-state index in [2.05, 4.69) is 10.1 Å². The van der Waals surface area contributed by atoms with Crippen molar-refractivity contribution in [2.45, 2.75) is 6.92 Å². The van der Waals surface area contributed by atoms with Crippen LogP contribution in [0.4, 0.5) is 0 Å². The number of carbonyl (C=O) groups is 1. The summed E-state index contributed by atoms with van der Waals surface area (Å²) in [5.41, 5.74) is 2.54. The van der Waals surface area contributed by atoms with Gasteiger partial charge in [-0.05, 0) is 24.6 Å². The molecule has 2 heterocycles. The van der Waals surface area contributed by atoms with Crippen molar-refractivity contribution in [3.63, 3.8) is 0 Å². The van der Waals surface area contributed by atoms with Gasteiger partial charge in [-0.25, -0.2) is 9.78 Å². The molecule has 0 radical (unpaired) electrons. The molecule has 5 nitrogen and oxygen atoms in total. The number of nitrogens with zero attached hydrogens (tertiary/aromatic N) is 3. The van der Waals surface area contributed by atoms with Crippen molar-refractivity contribution in [3.05, 3.63) is 41.4 Å². The molecule has 0 N–H and O–H groups in total. The lowest BCUT2D eigenvalue weighted by molar-refractivity contribution is -0.137. The molecule has 0 amide bonds. The van der Waals surface area contributed by atoms with E-state index in [0.29, 0.717) is 11.8 Å². The summed E-state index contributed by atoms with van der Waals surface area (Å²) < 4.78 is 6.55. The molecule has 104 valence electrons. The van der Waals surface area contributed by atoms with Crippen molar-refractivity contribution in [2.24, 2.45) is 7.05 Å². The van der Waals surface area contributed by atoms with E-state index in [0.717, 1.165) is 16.7 Å². The van der Waals surface area contributed by atoms with E-state index in [-0.39, 0.29) is 5.97 Å². The average molecular weight is 292 g/mol. The summed E-state index contributed by atoms with van der Waals surface area (Å²) in [5, 5.41) is 4.51. The third kappa shape index (κ3) is 3.45. The van der Waals surface area contributed by atoms with Gasteiger partial charge < -0.3 is 4.74 Å². The van der Waals surface area contributed by atoms with Crippen LogP contribution in [0.1, 0.15) is 12.5 Å². The molecule has 0 aliphatic carbocycles. The van der Waals surface area contributed by atoms with E-state index in [1.807, 2.05) is 13.2 Å². The van der Waals surface area contributed by atoms with Crippen LogP contribution < -0.4 is 0 Å². The molecule has 0 bridgehead atoms. The van der Waals surface area contributed by atoms with Crippen LogP contribution in [0.15, 0.2) is 30.7 Å².